The molecule has 1 aliphatic heterocycles. The summed E-state index contributed by atoms with van der Waals surface area (Å²) in [5.41, 5.74) is 5.17. The van der Waals surface area contributed by atoms with E-state index in [9.17, 15) is 13.2 Å². The third kappa shape index (κ3) is 2.63. The van der Waals surface area contributed by atoms with Crippen LogP contribution in [0, 0.1) is 0 Å². The fourth-order valence-electron chi connectivity index (χ4n) is 2.64. The first-order valence-corrected chi connectivity index (χ1v) is 6.66. The van der Waals surface area contributed by atoms with E-state index >= 15 is 0 Å². The summed E-state index contributed by atoms with van der Waals surface area (Å²) < 4.78 is 39.9. The highest BCUT2D eigenvalue weighted by Crippen LogP contribution is 2.37. The summed E-state index contributed by atoms with van der Waals surface area (Å²) in [7, 11) is 0. The molecule has 2 aromatic rings. The second-order valence-corrected chi connectivity index (χ2v) is 5.09. The van der Waals surface area contributed by atoms with E-state index in [1.54, 1.807) is 0 Å². The average molecular weight is 297 g/mol. The molecule has 3 N–H and O–H groups in total. The van der Waals surface area contributed by atoms with Gasteiger partial charge in [-0.15, -0.1) is 0 Å². The van der Waals surface area contributed by atoms with Crippen molar-refractivity contribution in [3.63, 3.8) is 0 Å². The molecule has 1 aliphatic rings. The standard InChI is InChI=1S/C13H14F3N5/c14-13(15,16)8-4-9(7-2-1-3-18-5-7)21-12-10(8)11(17)19-6-20-12/h4,6-7,18H,1-3,5H2,(H2,17,19,20,21)/t7-/m0/s1. The van der Waals surface area contributed by atoms with Gasteiger partial charge in [0.1, 0.15) is 12.1 Å². The molecular weight excluding hydrogens is 283 g/mol. The van der Waals surface area contributed by atoms with Crippen LogP contribution in [0.3, 0.4) is 0 Å². The predicted octanol–water partition coefficient (Wildman–Crippen LogP) is 2.09. The van der Waals surface area contributed by atoms with Crippen LogP contribution in [0.15, 0.2) is 12.4 Å². The van der Waals surface area contributed by atoms with Gasteiger partial charge in [0.25, 0.3) is 0 Å². The zero-order chi connectivity index (χ0) is 15.0. The lowest BCUT2D eigenvalue weighted by Gasteiger charge is -2.23. The Morgan fingerprint density at radius 3 is 2.76 bits per heavy atom. The summed E-state index contributed by atoms with van der Waals surface area (Å²) in [6.07, 6.45) is -1.66. The van der Waals surface area contributed by atoms with Gasteiger partial charge in [-0.2, -0.15) is 13.2 Å². The van der Waals surface area contributed by atoms with Crippen LogP contribution in [0.25, 0.3) is 11.0 Å². The molecule has 0 unspecified atom stereocenters. The third-order valence-corrected chi connectivity index (χ3v) is 3.67. The molecule has 0 radical (unpaired) electrons. The monoisotopic (exact) mass is 297 g/mol. The van der Waals surface area contributed by atoms with E-state index in [4.69, 9.17) is 5.73 Å². The second-order valence-electron chi connectivity index (χ2n) is 5.09. The number of fused-ring (bicyclic) bond motifs is 1. The topological polar surface area (TPSA) is 76.7 Å². The minimum Gasteiger partial charge on any atom is -0.383 e. The Labute approximate surface area is 118 Å². The highest BCUT2D eigenvalue weighted by atomic mass is 19.4. The Balaban J connectivity index is 2.20. The fourth-order valence-corrected chi connectivity index (χ4v) is 2.64. The number of alkyl halides is 3. The van der Waals surface area contributed by atoms with Gasteiger partial charge in [-0.3, -0.25) is 0 Å². The number of pyridine rings is 1. The van der Waals surface area contributed by atoms with Crippen molar-refractivity contribution in [2.75, 3.05) is 18.8 Å². The maximum absolute atomic E-state index is 13.3. The zero-order valence-corrected chi connectivity index (χ0v) is 11.1. The Bertz CT molecular complexity index is 665. The fraction of sp³-hybridized carbons (Fsp3) is 0.462. The van der Waals surface area contributed by atoms with Crippen molar-refractivity contribution < 1.29 is 13.2 Å². The smallest absolute Gasteiger partial charge is 0.383 e. The number of hydrogen-bond donors (Lipinski definition) is 2. The number of nitrogens with two attached hydrogens (primary N) is 1. The van der Waals surface area contributed by atoms with Gasteiger partial charge in [0.05, 0.1) is 10.9 Å². The van der Waals surface area contributed by atoms with Crippen molar-refractivity contribution in [2.45, 2.75) is 24.9 Å². The maximum Gasteiger partial charge on any atom is 0.417 e. The van der Waals surface area contributed by atoms with E-state index < -0.39 is 11.7 Å². The molecule has 8 heteroatoms. The number of nitrogens with zero attached hydrogens (tertiary/aromatic N) is 3. The van der Waals surface area contributed by atoms with Gasteiger partial charge >= 0.3 is 6.18 Å². The maximum atomic E-state index is 13.3. The van der Waals surface area contributed by atoms with Gasteiger partial charge in [0.2, 0.25) is 0 Å². The minimum atomic E-state index is -4.52. The lowest BCUT2D eigenvalue weighted by atomic mass is 9.94. The van der Waals surface area contributed by atoms with Crippen LogP contribution >= 0.6 is 0 Å². The predicted molar refractivity (Wildman–Crippen MR) is 71.6 cm³/mol. The summed E-state index contributed by atoms with van der Waals surface area (Å²) in [6.45, 7) is 1.50. The molecule has 0 aliphatic carbocycles. The van der Waals surface area contributed by atoms with E-state index in [1.165, 1.54) is 0 Å². The van der Waals surface area contributed by atoms with E-state index in [-0.39, 0.29) is 22.8 Å². The molecule has 112 valence electrons. The molecule has 21 heavy (non-hydrogen) atoms. The Morgan fingerprint density at radius 1 is 1.29 bits per heavy atom. The minimum absolute atomic E-state index is 0.00195. The number of aromatic nitrogens is 3. The van der Waals surface area contributed by atoms with E-state index in [1.807, 2.05) is 0 Å². The number of anilines is 1. The third-order valence-electron chi connectivity index (χ3n) is 3.67. The molecule has 2 aromatic heterocycles. The zero-order valence-electron chi connectivity index (χ0n) is 11.1. The highest BCUT2D eigenvalue weighted by molar-refractivity contribution is 5.89. The molecule has 0 aromatic carbocycles. The molecular formula is C13H14F3N5. The normalized spacial score (nSPS) is 19.9. The second kappa shape index (κ2) is 5.10. The van der Waals surface area contributed by atoms with E-state index in [2.05, 4.69) is 20.3 Å². The summed E-state index contributed by atoms with van der Waals surface area (Å²) >= 11 is 0. The van der Waals surface area contributed by atoms with Crippen molar-refractivity contribution in [1.29, 1.82) is 0 Å². The molecule has 3 heterocycles. The lowest BCUT2D eigenvalue weighted by molar-refractivity contribution is -0.136. The van der Waals surface area contributed by atoms with Crippen LogP contribution < -0.4 is 11.1 Å². The molecule has 0 saturated carbocycles. The van der Waals surface area contributed by atoms with Gasteiger partial charge in [-0.1, -0.05) is 0 Å². The number of piperidine rings is 1. The van der Waals surface area contributed by atoms with Crippen LogP contribution in [-0.4, -0.2) is 28.0 Å². The lowest BCUT2D eigenvalue weighted by Crippen LogP contribution is -2.29. The molecule has 5 nitrogen and oxygen atoms in total. The quantitative estimate of drug-likeness (QED) is 0.843. The molecule has 1 fully saturated rings. The molecule has 3 rings (SSSR count). The SMILES string of the molecule is Nc1ncnc2nc([C@H]3CCCNC3)cc(C(F)(F)F)c12. The van der Waals surface area contributed by atoms with Gasteiger partial charge in [-0.25, -0.2) is 15.0 Å². The molecule has 0 bridgehead atoms. The summed E-state index contributed by atoms with van der Waals surface area (Å²) in [4.78, 5) is 11.7. The van der Waals surface area contributed by atoms with Crippen LogP contribution in [0.5, 0.6) is 0 Å². The van der Waals surface area contributed by atoms with Crippen molar-refractivity contribution in [2.24, 2.45) is 0 Å². The first-order chi connectivity index (χ1) is 9.97. The molecule has 0 amide bonds. The number of nitrogen functional groups attached to an aromatic ring is 1. The van der Waals surface area contributed by atoms with Crippen LogP contribution in [-0.2, 0) is 6.18 Å². The molecule has 1 atom stereocenters. The Morgan fingerprint density at radius 2 is 2.10 bits per heavy atom. The van der Waals surface area contributed by atoms with Crippen LogP contribution in [0.1, 0.15) is 30.0 Å². The number of rotatable bonds is 1. The van der Waals surface area contributed by atoms with Gasteiger partial charge in [0.15, 0.2) is 5.65 Å². The van der Waals surface area contributed by atoms with Crippen molar-refractivity contribution in [3.05, 3.63) is 23.7 Å². The Kier molecular flexibility index (Phi) is 3.40. The average Bonchev–Trinajstić information content (AvgIpc) is 2.46. The summed E-state index contributed by atoms with van der Waals surface area (Å²) in [5.74, 6) is -0.242. The highest BCUT2D eigenvalue weighted by Gasteiger charge is 2.35. The number of hydrogen-bond acceptors (Lipinski definition) is 5. The van der Waals surface area contributed by atoms with E-state index in [0.717, 1.165) is 31.8 Å². The van der Waals surface area contributed by atoms with Gasteiger partial charge < -0.3 is 11.1 Å². The molecule has 1 saturated heterocycles. The summed E-state index contributed by atoms with van der Waals surface area (Å²) in [5, 5.41) is 2.95. The van der Waals surface area contributed by atoms with Crippen molar-refractivity contribution in [3.8, 4) is 0 Å². The van der Waals surface area contributed by atoms with Crippen molar-refractivity contribution >= 4 is 16.9 Å². The molecule has 0 spiro atoms. The largest absolute Gasteiger partial charge is 0.417 e. The first-order valence-electron chi connectivity index (χ1n) is 6.66. The van der Waals surface area contributed by atoms with Gasteiger partial charge in [0, 0.05) is 18.2 Å². The number of halogens is 3. The summed E-state index contributed by atoms with van der Waals surface area (Å²) in [6, 6.07) is 1.08. The Hall–Kier alpha value is -1.96. The van der Waals surface area contributed by atoms with Crippen LogP contribution in [0.2, 0.25) is 0 Å². The van der Waals surface area contributed by atoms with Crippen LogP contribution in [0.4, 0.5) is 19.0 Å². The van der Waals surface area contributed by atoms with E-state index in [0.29, 0.717) is 12.2 Å². The van der Waals surface area contributed by atoms with Crippen molar-refractivity contribution in [1.82, 2.24) is 20.3 Å². The van der Waals surface area contributed by atoms with Gasteiger partial charge in [-0.05, 0) is 25.5 Å². The first kappa shape index (κ1) is 14.0. The number of nitrogens with one attached hydrogen (secondary N) is 1.